The summed E-state index contributed by atoms with van der Waals surface area (Å²) in [6.07, 6.45) is 1.31. The lowest BCUT2D eigenvalue weighted by Crippen LogP contribution is -2.28. The molecule has 1 aromatic carbocycles. The van der Waals surface area contributed by atoms with Gasteiger partial charge in [0.2, 0.25) is 0 Å². The molecule has 0 fully saturated rings. The molecule has 3 N–H and O–H groups in total. The van der Waals surface area contributed by atoms with Crippen molar-refractivity contribution in [3.05, 3.63) is 34.6 Å². The molecular formula is C12H14ClFN2. The van der Waals surface area contributed by atoms with Gasteiger partial charge in [-0.05, 0) is 19.4 Å². The van der Waals surface area contributed by atoms with Gasteiger partial charge in [0.1, 0.15) is 5.82 Å². The van der Waals surface area contributed by atoms with Crippen LogP contribution in [0.15, 0.2) is 18.2 Å². The number of hydrogen-bond acceptors (Lipinski definition) is 2. The Hall–Kier alpha value is -1.08. The van der Waals surface area contributed by atoms with Gasteiger partial charge < -0.3 is 0 Å². The lowest BCUT2D eigenvalue weighted by atomic mass is 10.0. The van der Waals surface area contributed by atoms with Crippen LogP contribution >= 0.6 is 11.6 Å². The van der Waals surface area contributed by atoms with E-state index in [9.17, 15) is 4.39 Å². The second kappa shape index (κ2) is 6.49. The van der Waals surface area contributed by atoms with E-state index in [1.54, 1.807) is 19.1 Å². The molecule has 0 spiro atoms. The molecule has 0 radical (unpaired) electrons. The van der Waals surface area contributed by atoms with Crippen molar-refractivity contribution >= 4 is 11.6 Å². The summed E-state index contributed by atoms with van der Waals surface area (Å²) in [5.74, 6) is 10.7. The fourth-order valence-corrected chi connectivity index (χ4v) is 1.64. The normalized spacial score (nSPS) is 11.8. The number of nitrogens with two attached hydrogens (primary N) is 1. The third kappa shape index (κ3) is 3.21. The third-order valence-electron chi connectivity index (χ3n) is 2.29. The van der Waals surface area contributed by atoms with E-state index in [0.717, 1.165) is 0 Å². The van der Waals surface area contributed by atoms with Crippen molar-refractivity contribution in [3.63, 3.8) is 0 Å². The van der Waals surface area contributed by atoms with Crippen molar-refractivity contribution in [1.82, 2.24) is 5.43 Å². The molecule has 0 saturated heterocycles. The summed E-state index contributed by atoms with van der Waals surface area (Å²) < 4.78 is 13.7. The van der Waals surface area contributed by atoms with Crippen molar-refractivity contribution in [3.8, 4) is 11.8 Å². The Balaban J connectivity index is 2.85. The van der Waals surface area contributed by atoms with E-state index >= 15 is 0 Å². The van der Waals surface area contributed by atoms with Crippen LogP contribution in [0.2, 0.25) is 5.02 Å². The zero-order chi connectivity index (χ0) is 12.0. The predicted octanol–water partition coefficient (Wildman–Crippen LogP) is 2.79. The largest absolute Gasteiger partial charge is 0.271 e. The predicted molar refractivity (Wildman–Crippen MR) is 64.2 cm³/mol. The first kappa shape index (κ1) is 13.0. The van der Waals surface area contributed by atoms with Gasteiger partial charge in [0.25, 0.3) is 0 Å². The summed E-state index contributed by atoms with van der Waals surface area (Å²) in [5, 5.41) is 0.110. The highest BCUT2D eigenvalue weighted by Gasteiger charge is 2.15. The second-order valence-corrected chi connectivity index (χ2v) is 3.73. The third-order valence-corrected chi connectivity index (χ3v) is 2.58. The molecule has 0 saturated carbocycles. The van der Waals surface area contributed by atoms with Crippen LogP contribution in [0.1, 0.15) is 31.4 Å². The molecule has 1 rings (SSSR count). The molecule has 0 aromatic heterocycles. The number of hydrogen-bond donors (Lipinski definition) is 2. The lowest BCUT2D eigenvalue weighted by Gasteiger charge is -2.16. The maximum atomic E-state index is 13.7. The topological polar surface area (TPSA) is 38.0 Å². The summed E-state index contributed by atoms with van der Waals surface area (Å²) in [4.78, 5) is 0. The number of rotatable bonds is 4. The van der Waals surface area contributed by atoms with Crippen molar-refractivity contribution in [2.75, 3.05) is 0 Å². The molecular weight excluding hydrogens is 227 g/mol. The van der Waals surface area contributed by atoms with Gasteiger partial charge in [-0.25, -0.2) is 4.39 Å². The average molecular weight is 241 g/mol. The Bertz CT molecular complexity index is 409. The molecule has 0 heterocycles. The molecule has 4 heteroatoms. The first-order valence-corrected chi connectivity index (χ1v) is 5.38. The van der Waals surface area contributed by atoms with E-state index in [1.165, 1.54) is 6.07 Å². The smallest absolute Gasteiger partial charge is 0.146 e. The summed E-state index contributed by atoms with van der Waals surface area (Å²) in [6, 6.07) is 4.63. The second-order valence-electron chi connectivity index (χ2n) is 3.33. The van der Waals surface area contributed by atoms with Crippen molar-refractivity contribution in [2.45, 2.75) is 25.8 Å². The van der Waals surface area contributed by atoms with Gasteiger partial charge in [-0.3, -0.25) is 11.3 Å². The maximum Gasteiger partial charge on any atom is 0.146 e. The minimum atomic E-state index is -0.420. The van der Waals surface area contributed by atoms with Gasteiger partial charge in [0.15, 0.2) is 0 Å². The number of benzene rings is 1. The van der Waals surface area contributed by atoms with Crippen LogP contribution in [0.3, 0.4) is 0 Å². The first-order chi connectivity index (χ1) is 7.70. The van der Waals surface area contributed by atoms with Crippen LogP contribution in [0.25, 0.3) is 0 Å². The van der Waals surface area contributed by atoms with Crippen molar-refractivity contribution < 1.29 is 4.39 Å². The molecule has 0 aliphatic heterocycles. The zero-order valence-electron chi connectivity index (χ0n) is 9.06. The van der Waals surface area contributed by atoms with Gasteiger partial charge in [0, 0.05) is 18.0 Å². The standard InChI is InChI=1S/C12H14ClFN2/c1-2-3-4-8-11(16-15)9-6-5-7-10(13)12(9)14/h5-7,11,16H,4,8,15H2,1H3. The van der Waals surface area contributed by atoms with E-state index in [1.807, 2.05) is 0 Å². The van der Waals surface area contributed by atoms with Crippen LogP contribution in [-0.2, 0) is 0 Å². The van der Waals surface area contributed by atoms with E-state index in [0.29, 0.717) is 18.4 Å². The molecule has 1 aromatic rings. The molecule has 86 valence electrons. The van der Waals surface area contributed by atoms with Crippen LogP contribution in [0.5, 0.6) is 0 Å². The Kier molecular flexibility index (Phi) is 5.27. The lowest BCUT2D eigenvalue weighted by molar-refractivity contribution is 0.491. The van der Waals surface area contributed by atoms with Crippen LogP contribution in [0.4, 0.5) is 4.39 Å². The summed E-state index contributed by atoms with van der Waals surface area (Å²) in [7, 11) is 0. The van der Waals surface area contributed by atoms with E-state index in [2.05, 4.69) is 17.3 Å². The maximum absolute atomic E-state index is 13.7. The molecule has 2 nitrogen and oxygen atoms in total. The van der Waals surface area contributed by atoms with E-state index < -0.39 is 5.82 Å². The fraction of sp³-hybridized carbons (Fsp3) is 0.333. The zero-order valence-corrected chi connectivity index (χ0v) is 9.81. The van der Waals surface area contributed by atoms with E-state index in [-0.39, 0.29) is 11.1 Å². The minimum Gasteiger partial charge on any atom is -0.271 e. The fourth-order valence-electron chi connectivity index (χ4n) is 1.46. The van der Waals surface area contributed by atoms with Crippen LogP contribution in [0, 0.1) is 17.7 Å². The summed E-state index contributed by atoms with van der Waals surface area (Å²) in [5.41, 5.74) is 3.06. The quantitative estimate of drug-likeness (QED) is 0.483. The van der Waals surface area contributed by atoms with Gasteiger partial charge in [-0.15, -0.1) is 11.8 Å². The highest BCUT2D eigenvalue weighted by Crippen LogP contribution is 2.25. The molecule has 0 amide bonds. The Morgan fingerprint density at radius 1 is 1.56 bits per heavy atom. The van der Waals surface area contributed by atoms with Crippen LogP contribution in [-0.4, -0.2) is 0 Å². The monoisotopic (exact) mass is 240 g/mol. The minimum absolute atomic E-state index is 0.110. The summed E-state index contributed by atoms with van der Waals surface area (Å²) >= 11 is 5.70. The molecule has 0 aliphatic rings. The molecule has 0 bridgehead atoms. The molecule has 1 unspecified atom stereocenters. The molecule has 0 aliphatic carbocycles. The Labute approximate surface area is 99.9 Å². The first-order valence-electron chi connectivity index (χ1n) is 5.00. The van der Waals surface area contributed by atoms with Gasteiger partial charge in [-0.1, -0.05) is 23.7 Å². The van der Waals surface area contributed by atoms with Gasteiger partial charge in [-0.2, -0.15) is 0 Å². The number of nitrogens with one attached hydrogen (secondary N) is 1. The highest BCUT2D eigenvalue weighted by molar-refractivity contribution is 6.30. The van der Waals surface area contributed by atoms with Gasteiger partial charge in [0.05, 0.1) is 5.02 Å². The van der Waals surface area contributed by atoms with Crippen LogP contribution < -0.4 is 11.3 Å². The Morgan fingerprint density at radius 2 is 2.31 bits per heavy atom. The van der Waals surface area contributed by atoms with Gasteiger partial charge >= 0.3 is 0 Å². The average Bonchev–Trinajstić information content (AvgIpc) is 2.29. The summed E-state index contributed by atoms with van der Waals surface area (Å²) in [6.45, 7) is 1.77. The van der Waals surface area contributed by atoms with Crippen molar-refractivity contribution in [1.29, 1.82) is 0 Å². The Morgan fingerprint density at radius 3 is 2.94 bits per heavy atom. The van der Waals surface area contributed by atoms with E-state index in [4.69, 9.17) is 17.4 Å². The SMILES string of the molecule is CC#CCCC(NN)c1cccc(Cl)c1F. The molecule has 1 atom stereocenters. The molecule has 16 heavy (non-hydrogen) atoms. The number of halogens is 2. The number of hydrazine groups is 1. The van der Waals surface area contributed by atoms with Crippen molar-refractivity contribution in [2.24, 2.45) is 5.84 Å². The highest BCUT2D eigenvalue weighted by atomic mass is 35.5.